The first kappa shape index (κ1) is 22.6. The smallest absolute Gasteiger partial charge is 0.339 e. The molecule has 1 heterocycles. The summed E-state index contributed by atoms with van der Waals surface area (Å²) in [5.74, 6) is 0.335. The second-order valence-corrected chi connectivity index (χ2v) is 8.12. The number of methoxy groups -OCH3 is 2. The number of pyridine rings is 1. The monoisotopic (exact) mass is 448 g/mol. The van der Waals surface area contributed by atoms with Gasteiger partial charge in [0.05, 0.1) is 31.0 Å². The van der Waals surface area contributed by atoms with E-state index >= 15 is 0 Å². The van der Waals surface area contributed by atoms with Crippen LogP contribution < -0.4 is 14.8 Å². The van der Waals surface area contributed by atoms with Crippen molar-refractivity contribution in [3.8, 4) is 22.8 Å². The third kappa shape index (κ3) is 5.25. The molecule has 0 spiro atoms. The second-order valence-electron chi connectivity index (χ2n) is 8.12. The van der Waals surface area contributed by atoms with Gasteiger partial charge in [0, 0.05) is 17.0 Å². The highest BCUT2D eigenvalue weighted by molar-refractivity contribution is 6.05. The molecule has 4 rings (SSSR count). The van der Waals surface area contributed by atoms with Crippen molar-refractivity contribution in [2.45, 2.75) is 38.1 Å². The van der Waals surface area contributed by atoms with Gasteiger partial charge < -0.3 is 19.5 Å². The minimum Gasteiger partial charge on any atom is -0.493 e. The zero-order valence-corrected chi connectivity index (χ0v) is 18.9. The number of nitrogens with one attached hydrogen (secondary N) is 1. The summed E-state index contributed by atoms with van der Waals surface area (Å²) in [6.45, 7) is -0.308. The van der Waals surface area contributed by atoms with Gasteiger partial charge in [-0.2, -0.15) is 0 Å². The van der Waals surface area contributed by atoms with Crippen molar-refractivity contribution in [2.75, 3.05) is 20.8 Å². The molecule has 0 unspecified atom stereocenters. The number of hydrogen-bond acceptors (Lipinski definition) is 6. The summed E-state index contributed by atoms with van der Waals surface area (Å²) < 4.78 is 16.1. The quantitative estimate of drug-likeness (QED) is 0.535. The van der Waals surface area contributed by atoms with Crippen LogP contribution in [0.4, 0.5) is 0 Å². The molecule has 0 radical (unpaired) electrons. The molecule has 3 aromatic rings. The minimum absolute atomic E-state index is 0.170. The van der Waals surface area contributed by atoms with Gasteiger partial charge in [0.15, 0.2) is 18.1 Å². The van der Waals surface area contributed by atoms with Crippen LogP contribution in [0.2, 0.25) is 0 Å². The summed E-state index contributed by atoms with van der Waals surface area (Å²) in [5.41, 5.74) is 2.37. The number of esters is 1. The van der Waals surface area contributed by atoms with Gasteiger partial charge in [-0.1, -0.05) is 37.5 Å². The van der Waals surface area contributed by atoms with Crippen LogP contribution in [0.15, 0.2) is 48.5 Å². The maximum Gasteiger partial charge on any atom is 0.339 e. The van der Waals surface area contributed by atoms with E-state index in [2.05, 4.69) is 5.32 Å². The molecular formula is C26H28N2O5. The van der Waals surface area contributed by atoms with Crippen LogP contribution in [0.5, 0.6) is 11.5 Å². The van der Waals surface area contributed by atoms with Crippen molar-refractivity contribution in [2.24, 2.45) is 0 Å². The van der Waals surface area contributed by atoms with E-state index in [1.54, 1.807) is 26.4 Å². The fourth-order valence-electron chi connectivity index (χ4n) is 4.21. The zero-order chi connectivity index (χ0) is 23.2. The number of carbonyl (C=O) groups is 2. The van der Waals surface area contributed by atoms with Gasteiger partial charge in [-0.3, -0.25) is 4.79 Å². The third-order valence-electron chi connectivity index (χ3n) is 5.92. The zero-order valence-electron chi connectivity index (χ0n) is 18.9. The molecule has 172 valence electrons. The Morgan fingerprint density at radius 3 is 2.48 bits per heavy atom. The number of benzene rings is 2. The average molecular weight is 449 g/mol. The van der Waals surface area contributed by atoms with Gasteiger partial charge in [-0.15, -0.1) is 0 Å². The van der Waals surface area contributed by atoms with E-state index in [-0.39, 0.29) is 18.6 Å². The number of carbonyl (C=O) groups excluding carboxylic acids is 2. The largest absolute Gasteiger partial charge is 0.493 e. The molecule has 1 aliphatic carbocycles. The van der Waals surface area contributed by atoms with Gasteiger partial charge in [0.25, 0.3) is 5.91 Å². The summed E-state index contributed by atoms with van der Waals surface area (Å²) in [7, 11) is 3.14. The fourth-order valence-corrected chi connectivity index (χ4v) is 4.21. The molecule has 7 heteroatoms. The van der Waals surface area contributed by atoms with Gasteiger partial charge in [-0.25, -0.2) is 9.78 Å². The molecule has 7 nitrogen and oxygen atoms in total. The SMILES string of the molecule is COc1ccc(-c2cc(C(=O)OCC(=O)NC3CCCCC3)c3ccccc3n2)cc1OC. The first-order valence-electron chi connectivity index (χ1n) is 11.2. The average Bonchev–Trinajstić information content (AvgIpc) is 2.86. The number of aromatic nitrogens is 1. The predicted octanol–water partition coefficient (Wildman–Crippen LogP) is 4.52. The third-order valence-corrected chi connectivity index (χ3v) is 5.92. The fraction of sp³-hybridized carbons (Fsp3) is 0.346. The van der Waals surface area contributed by atoms with Crippen molar-refractivity contribution in [1.82, 2.24) is 10.3 Å². The lowest BCUT2D eigenvalue weighted by molar-refractivity contribution is -0.125. The standard InChI is InChI=1S/C26H28N2O5/c1-31-23-13-12-17(14-24(23)32-2)22-15-20(19-10-6-7-11-21(19)28-22)26(30)33-16-25(29)27-18-8-4-3-5-9-18/h6-7,10-15,18H,3-5,8-9,16H2,1-2H3,(H,27,29). The summed E-state index contributed by atoms with van der Waals surface area (Å²) in [6, 6.07) is 14.7. The molecule has 1 amide bonds. The van der Waals surface area contributed by atoms with E-state index in [1.165, 1.54) is 6.42 Å². The maximum atomic E-state index is 13.0. The van der Waals surface area contributed by atoms with Gasteiger partial charge in [0.2, 0.25) is 0 Å². The molecule has 0 atom stereocenters. The highest BCUT2D eigenvalue weighted by Gasteiger charge is 2.19. The Balaban J connectivity index is 1.57. The van der Waals surface area contributed by atoms with Crippen LogP contribution in [-0.4, -0.2) is 43.7 Å². The summed E-state index contributed by atoms with van der Waals surface area (Å²) >= 11 is 0. The van der Waals surface area contributed by atoms with Crippen molar-refractivity contribution in [3.05, 3.63) is 54.1 Å². The molecule has 0 saturated heterocycles. The Bertz CT molecular complexity index is 1150. The lowest BCUT2D eigenvalue weighted by Crippen LogP contribution is -2.38. The molecule has 1 N–H and O–H groups in total. The predicted molar refractivity (Wildman–Crippen MR) is 126 cm³/mol. The Morgan fingerprint density at radius 2 is 1.73 bits per heavy atom. The molecule has 2 aromatic carbocycles. The maximum absolute atomic E-state index is 13.0. The molecule has 1 saturated carbocycles. The van der Waals surface area contributed by atoms with Crippen LogP contribution in [0.1, 0.15) is 42.5 Å². The van der Waals surface area contributed by atoms with E-state index in [1.807, 2.05) is 36.4 Å². The molecule has 1 fully saturated rings. The molecule has 1 aliphatic rings. The van der Waals surface area contributed by atoms with E-state index in [4.69, 9.17) is 19.2 Å². The van der Waals surface area contributed by atoms with Crippen LogP contribution in [-0.2, 0) is 9.53 Å². The minimum atomic E-state index is -0.561. The van der Waals surface area contributed by atoms with Gasteiger partial charge in [0.1, 0.15) is 0 Å². The van der Waals surface area contributed by atoms with E-state index in [0.29, 0.717) is 33.7 Å². The molecule has 0 bridgehead atoms. The molecular weight excluding hydrogens is 420 g/mol. The van der Waals surface area contributed by atoms with Gasteiger partial charge >= 0.3 is 5.97 Å². The van der Waals surface area contributed by atoms with E-state index in [9.17, 15) is 9.59 Å². The molecule has 0 aliphatic heterocycles. The van der Waals surface area contributed by atoms with Crippen molar-refractivity contribution < 1.29 is 23.8 Å². The topological polar surface area (TPSA) is 86.8 Å². The van der Waals surface area contributed by atoms with E-state index in [0.717, 1.165) is 31.2 Å². The summed E-state index contributed by atoms with van der Waals surface area (Å²) in [5, 5.41) is 3.64. The Labute approximate surface area is 193 Å². The van der Waals surface area contributed by atoms with Crippen molar-refractivity contribution >= 4 is 22.8 Å². The lowest BCUT2D eigenvalue weighted by atomic mass is 9.95. The summed E-state index contributed by atoms with van der Waals surface area (Å²) in [6.07, 6.45) is 5.39. The number of fused-ring (bicyclic) bond motifs is 1. The summed E-state index contributed by atoms with van der Waals surface area (Å²) in [4.78, 5) is 30.0. The number of amides is 1. The first-order valence-corrected chi connectivity index (χ1v) is 11.2. The number of rotatable bonds is 7. The number of ether oxygens (including phenoxy) is 3. The van der Waals surface area contributed by atoms with Crippen LogP contribution in [0, 0.1) is 0 Å². The first-order chi connectivity index (χ1) is 16.1. The second kappa shape index (κ2) is 10.3. The highest BCUT2D eigenvalue weighted by atomic mass is 16.5. The van der Waals surface area contributed by atoms with Crippen molar-refractivity contribution in [3.63, 3.8) is 0 Å². The Hall–Kier alpha value is -3.61. The van der Waals surface area contributed by atoms with Crippen molar-refractivity contribution in [1.29, 1.82) is 0 Å². The number of para-hydroxylation sites is 1. The Morgan fingerprint density at radius 1 is 0.970 bits per heavy atom. The van der Waals surface area contributed by atoms with Crippen LogP contribution in [0.25, 0.3) is 22.2 Å². The molecule has 1 aromatic heterocycles. The lowest BCUT2D eigenvalue weighted by Gasteiger charge is -2.22. The molecule has 33 heavy (non-hydrogen) atoms. The van der Waals surface area contributed by atoms with Crippen LogP contribution >= 0.6 is 0 Å². The highest BCUT2D eigenvalue weighted by Crippen LogP contribution is 2.33. The Kier molecular flexibility index (Phi) is 7.07. The number of hydrogen-bond donors (Lipinski definition) is 1. The van der Waals surface area contributed by atoms with E-state index < -0.39 is 5.97 Å². The van der Waals surface area contributed by atoms with Crippen LogP contribution in [0.3, 0.4) is 0 Å². The number of nitrogens with zero attached hydrogens (tertiary/aromatic N) is 1. The normalized spacial score (nSPS) is 14.0. The van der Waals surface area contributed by atoms with Gasteiger partial charge in [-0.05, 0) is 43.2 Å².